The lowest BCUT2D eigenvalue weighted by Crippen LogP contribution is -2.33. The topological polar surface area (TPSA) is 44.0 Å². The number of nitrogens with zero attached hydrogens (tertiary/aromatic N) is 3. The van der Waals surface area contributed by atoms with Crippen LogP contribution in [0.25, 0.3) is 0 Å². The standard InChI is InChI=1S/C16H24N4O/c1-19-8-3-6-14(19)12-17-11-13-5-4-10-21-15(13)16-18-7-9-20(16)2/h3,6-9,13,15,17H,4-5,10-12H2,1-2H3/t13-,15+/m0/s1. The number of hydrogen-bond acceptors (Lipinski definition) is 3. The predicted molar refractivity (Wildman–Crippen MR) is 81.7 cm³/mol. The zero-order valence-corrected chi connectivity index (χ0v) is 12.8. The number of aromatic nitrogens is 3. The van der Waals surface area contributed by atoms with Crippen LogP contribution in [0.2, 0.25) is 0 Å². The lowest BCUT2D eigenvalue weighted by atomic mass is 9.93. The highest BCUT2D eigenvalue weighted by molar-refractivity contribution is 5.06. The summed E-state index contributed by atoms with van der Waals surface area (Å²) in [7, 11) is 4.12. The first-order valence-electron chi connectivity index (χ1n) is 7.65. The molecule has 0 aromatic carbocycles. The molecule has 0 unspecified atom stereocenters. The molecule has 0 spiro atoms. The molecule has 1 N–H and O–H groups in total. The quantitative estimate of drug-likeness (QED) is 0.915. The highest BCUT2D eigenvalue weighted by Crippen LogP contribution is 2.32. The van der Waals surface area contributed by atoms with Crippen LogP contribution in [-0.2, 0) is 25.4 Å². The predicted octanol–water partition coefficient (Wildman–Crippen LogP) is 2.02. The summed E-state index contributed by atoms with van der Waals surface area (Å²) in [6.45, 7) is 2.70. The van der Waals surface area contributed by atoms with Gasteiger partial charge in [0.2, 0.25) is 0 Å². The molecule has 3 rings (SSSR count). The number of ether oxygens (including phenoxy) is 1. The molecule has 0 bridgehead atoms. The fourth-order valence-electron chi connectivity index (χ4n) is 3.05. The number of rotatable bonds is 5. The van der Waals surface area contributed by atoms with E-state index in [9.17, 15) is 0 Å². The Hall–Kier alpha value is -1.59. The largest absolute Gasteiger partial charge is 0.370 e. The molecular formula is C16H24N4O. The fourth-order valence-corrected chi connectivity index (χ4v) is 3.05. The van der Waals surface area contributed by atoms with Crippen LogP contribution < -0.4 is 5.32 Å². The molecule has 0 aliphatic carbocycles. The van der Waals surface area contributed by atoms with Crippen molar-refractivity contribution in [3.63, 3.8) is 0 Å². The minimum absolute atomic E-state index is 0.111. The van der Waals surface area contributed by atoms with Gasteiger partial charge in [0.1, 0.15) is 11.9 Å². The average molecular weight is 288 g/mol. The van der Waals surface area contributed by atoms with Gasteiger partial charge in [0.05, 0.1) is 0 Å². The lowest BCUT2D eigenvalue weighted by Gasteiger charge is -2.31. The van der Waals surface area contributed by atoms with Crippen molar-refractivity contribution in [2.75, 3.05) is 13.2 Å². The minimum Gasteiger partial charge on any atom is -0.370 e. The van der Waals surface area contributed by atoms with E-state index in [1.54, 1.807) is 0 Å². The third kappa shape index (κ3) is 3.19. The summed E-state index contributed by atoms with van der Waals surface area (Å²) in [6, 6.07) is 4.23. The summed E-state index contributed by atoms with van der Waals surface area (Å²) in [5.74, 6) is 1.53. The van der Waals surface area contributed by atoms with E-state index in [0.29, 0.717) is 5.92 Å². The monoisotopic (exact) mass is 288 g/mol. The fraction of sp³-hybridized carbons (Fsp3) is 0.562. The van der Waals surface area contributed by atoms with Crippen molar-refractivity contribution in [3.05, 3.63) is 42.2 Å². The Morgan fingerprint density at radius 1 is 1.33 bits per heavy atom. The second-order valence-corrected chi connectivity index (χ2v) is 5.83. The van der Waals surface area contributed by atoms with Crippen LogP contribution in [0.3, 0.4) is 0 Å². The van der Waals surface area contributed by atoms with Gasteiger partial charge in [0, 0.05) is 64.0 Å². The van der Waals surface area contributed by atoms with Gasteiger partial charge in [-0.15, -0.1) is 0 Å². The molecule has 2 aromatic heterocycles. The van der Waals surface area contributed by atoms with Gasteiger partial charge in [-0.05, 0) is 25.0 Å². The van der Waals surface area contributed by atoms with Gasteiger partial charge in [0.25, 0.3) is 0 Å². The van der Waals surface area contributed by atoms with E-state index in [-0.39, 0.29) is 6.10 Å². The average Bonchev–Trinajstić information content (AvgIpc) is 3.09. The molecule has 0 amide bonds. The summed E-state index contributed by atoms with van der Waals surface area (Å²) < 4.78 is 10.2. The van der Waals surface area contributed by atoms with Crippen molar-refractivity contribution in [2.45, 2.75) is 25.5 Å². The van der Waals surface area contributed by atoms with E-state index >= 15 is 0 Å². The number of nitrogens with one attached hydrogen (secondary N) is 1. The second-order valence-electron chi connectivity index (χ2n) is 5.83. The van der Waals surface area contributed by atoms with Crippen molar-refractivity contribution in [3.8, 4) is 0 Å². The molecule has 1 aliphatic heterocycles. The van der Waals surface area contributed by atoms with E-state index in [2.05, 4.69) is 44.8 Å². The summed E-state index contributed by atoms with van der Waals surface area (Å²) in [4.78, 5) is 4.47. The maximum Gasteiger partial charge on any atom is 0.137 e. The van der Waals surface area contributed by atoms with Gasteiger partial charge in [-0.1, -0.05) is 0 Å². The third-order valence-electron chi connectivity index (χ3n) is 4.32. The maximum absolute atomic E-state index is 6.00. The van der Waals surface area contributed by atoms with Gasteiger partial charge >= 0.3 is 0 Å². The maximum atomic E-state index is 6.00. The van der Waals surface area contributed by atoms with Crippen LogP contribution in [0.4, 0.5) is 0 Å². The Morgan fingerprint density at radius 3 is 2.95 bits per heavy atom. The molecule has 0 saturated carbocycles. The van der Waals surface area contributed by atoms with Gasteiger partial charge in [-0.3, -0.25) is 0 Å². The molecule has 2 atom stereocenters. The lowest BCUT2D eigenvalue weighted by molar-refractivity contribution is -0.0344. The number of imidazole rings is 1. The molecule has 1 fully saturated rings. The third-order valence-corrected chi connectivity index (χ3v) is 4.32. The molecule has 21 heavy (non-hydrogen) atoms. The summed E-state index contributed by atoms with van der Waals surface area (Å²) in [6.07, 6.45) is 8.36. The van der Waals surface area contributed by atoms with Crippen LogP contribution in [-0.4, -0.2) is 27.3 Å². The van der Waals surface area contributed by atoms with Gasteiger partial charge in [0.15, 0.2) is 0 Å². The Morgan fingerprint density at radius 2 is 2.24 bits per heavy atom. The Balaban J connectivity index is 1.60. The Kier molecular flexibility index (Phi) is 4.41. The van der Waals surface area contributed by atoms with E-state index in [4.69, 9.17) is 4.74 Å². The molecule has 3 heterocycles. The van der Waals surface area contributed by atoms with Gasteiger partial charge in [-0.25, -0.2) is 4.98 Å². The van der Waals surface area contributed by atoms with Crippen LogP contribution in [0.5, 0.6) is 0 Å². The number of aryl methyl sites for hydroxylation is 2. The molecular weight excluding hydrogens is 264 g/mol. The smallest absolute Gasteiger partial charge is 0.137 e. The highest BCUT2D eigenvalue weighted by atomic mass is 16.5. The number of hydrogen-bond donors (Lipinski definition) is 1. The summed E-state index contributed by atoms with van der Waals surface area (Å²) in [5.41, 5.74) is 1.31. The minimum atomic E-state index is 0.111. The first-order chi connectivity index (χ1) is 10.3. The van der Waals surface area contributed by atoms with Crippen molar-refractivity contribution in [1.29, 1.82) is 0 Å². The zero-order valence-electron chi connectivity index (χ0n) is 12.8. The Labute approximate surface area is 125 Å². The SMILES string of the molecule is Cn1cccc1CNC[C@@H]1CCCO[C@H]1c1nccn1C. The van der Waals surface area contributed by atoms with Crippen molar-refractivity contribution < 1.29 is 4.74 Å². The van der Waals surface area contributed by atoms with E-state index in [1.807, 2.05) is 19.4 Å². The zero-order chi connectivity index (χ0) is 14.7. The van der Waals surface area contributed by atoms with Crippen molar-refractivity contribution >= 4 is 0 Å². The van der Waals surface area contributed by atoms with Crippen molar-refractivity contribution in [1.82, 2.24) is 19.4 Å². The van der Waals surface area contributed by atoms with Crippen LogP contribution in [0.15, 0.2) is 30.7 Å². The van der Waals surface area contributed by atoms with E-state index in [1.165, 1.54) is 12.1 Å². The Bertz CT molecular complexity index is 574. The molecule has 1 aliphatic rings. The molecule has 2 aromatic rings. The first-order valence-corrected chi connectivity index (χ1v) is 7.65. The molecule has 5 nitrogen and oxygen atoms in total. The van der Waals surface area contributed by atoms with E-state index in [0.717, 1.165) is 31.9 Å². The van der Waals surface area contributed by atoms with Gasteiger partial charge < -0.3 is 19.2 Å². The van der Waals surface area contributed by atoms with Crippen molar-refractivity contribution in [2.24, 2.45) is 20.0 Å². The molecule has 5 heteroatoms. The summed E-state index contributed by atoms with van der Waals surface area (Å²) in [5, 5.41) is 3.57. The summed E-state index contributed by atoms with van der Waals surface area (Å²) >= 11 is 0. The molecule has 0 radical (unpaired) electrons. The van der Waals surface area contributed by atoms with Crippen LogP contribution in [0.1, 0.15) is 30.5 Å². The van der Waals surface area contributed by atoms with Crippen LogP contribution in [0, 0.1) is 5.92 Å². The highest BCUT2D eigenvalue weighted by Gasteiger charge is 2.29. The van der Waals surface area contributed by atoms with Crippen LogP contribution >= 0.6 is 0 Å². The second kappa shape index (κ2) is 6.45. The van der Waals surface area contributed by atoms with E-state index < -0.39 is 0 Å². The van der Waals surface area contributed by atoms with Gasteiger partial charge in [-0.2, -0.15) is 0 Å². The normalized spacial score (nSPS) is 22.6. The molecule has 1 saturated heterocycles. The molecule has 114 valence electrons. The first kappa shape index (κ1) is 14.4.